The molecule has 0 amide bonds. The smallest absolute Gasteiger partial charge is 0.179 e. The molecule has 0 radical (unpaired) electrons. The van der Waals surface area contributed by atoms with Crippen LogP contribution in [-0.2, 0) is 6.54 Å². The van der Waals surface area contributed by atoms with E-state index >= 15 is 0 Å². The summed E-state index contributed by atoms with van der Waals surface area (Å²) in [6.45, 7) is 0.449. The number of hydrogen-bond donors (Lipinski definition) is 1. The zero-order chi connectivity index (χ0) is 12.3. The van der Waals surface area contributed by atoms with E-state index in [0.717, 1.165) is 18.4 Å². The van der Waals surface area contributed by atoms with Gasteiger partial charge in [-0.15, -0.1) is 0 Å². The highest BCUT2D eigenvalue weighted by molar-refractivity contribution is 6.32. The molecule has 1 aliphatic carbocycles. The van der Waals surface area contributed by atoms with E-state index in [1.165, 1.54) is 12.8 Å². The Bertz CT molecular complexity index is 389. The van der Waals surface area contributed by atoms with Crippen LogP contribution in [0.25, 0.3) is 0 Å². The normalized spacial score (nSPS) is 16.2. The minimum absolute atomic E-state index is 0.285. The number of rotatable bonds is 4. The van der Waals surface area contributed by atoms with Gasteiger partial charge in [-0.2, -0.15) is 0 Å². The van der Waals surface area contributed by atoms with E-state index in [-0.39, 0.29) is 6.10 Å². The van der Waals surface area contributed by atoms with Crippen molar-refractivity contribution in [3.05, 3.63) is 22.7 Å². The molecule has 2 rings (SSSR count). The van der Waals surface area contributed by atoms with Crippen LogP contribution in [0.1, 0.15) is 31.2 Å². The van der Waals surface area contributed by atoms with Crippen LogP contribution in [0.15, 0.2) is 12.1 Å². The zero-order valence-corrected chi connectivity index (χ0v) is 10.8. The number of hydrogen-bond acceptors (Lipinski definition) is 3. The summed E-state index contributed by atoms with van der Waals surface area (Å²) in [5, 5.41) is 0.559. The minimum Gasteiger partial charge on any atom is -0.491 e. The molecule has 1 saturated carbocycles. The van der Waals surface area contributed by atoms with Crippen molar-refractivity contribution >= 4 is 11.6 Å². The van der Waals surface area contributed by atoms with Crippen LogP contribution in [0.4, 0.5) is 0 Å². The second-order valence-electron chi connectivity index (χ2n) is 4.34. The molecule has 0 heterocycles. The van der Waals surface area contributed by atoms with Crippen molar-refractivity contribution in [1.29, 1.82) is 0 Å². The zero-order valence-electron chi connectivity index (χ0n) is 10.0. The van der Waals surface area contributed by atoms with Crippen LogP contribution in [0.2, 0.25) is 5.02 Å². The molecule has 0 unspecified atom stereocenters. The van der Waals surface area contributed by atoms with Gasteiger partial charge in [0, 0.05) is 6.54 Å². The van der Waals surface area contributed by atoms with Gasteiger partial charge in [0.05, 0.1) is 18.2 Å². The van der Waals surface area contributed by atoms with Gasteiger partial charge in [-0.1, -0.05) is 11.6 Å². The maximum Gasteiger partial charge on any atom is 0.179 e. The molecule has 0 atom stereocenters. The Morgan fingerprint density at radius 3 is 2.65 bits per heavy atom. The Kier molecular flexibility index (Phi) is 4.13. The lowest BCUT2D eigenvalue weighted by atomic mass is 10.2. The van der Waals surface area contributed by atoms with E-state index in [9.17, 15) is 0 Å². The predicted octanol–water partition coefficient (Wildman–Crippen LogP) is 3.13. The van der Waals surface area contributed by atoms with Gasteiger partial charge in [0.2, 0.25) is 0 Å². The van der Waals surface area contributed by atoms with Crippen molar-refractivity contribution < 1.29 is 9.47 Å². The molecular formula is C13H18ClNO2. The number of benzene rings is 1. The summed E-state index contributed by atoms with van der Waals surface area (Å²) in [7, 11) is 1.60. The highest BCUT2D eigenvalue weighted by Gasteiger charge is 2.20. The molecule has 17 heavy (non-hydrogen) atoms. The summed E-state index contributed by atoms with van der Waals surface area (Å²) < 4.78 is 11.2. The molecule has 1 aromatic rings. The van der Waals surface area contributed by atoms with Gasteiger partial charge < -0.3 is 15.2 Å². The lowest BCUT2D eigenvalue weighted by Gasteiger charge is -2.17. The van der Waals surface area contributed by atoms with Gasteiger partial charge in [0.25, 0.3) is 0 Å². The van der Waals surface area contributed by atoms with Crippen molar-refractivity contribution in [2.24, 2.45) is 5.73 Å². The first kappa shape index (κ1) is 12.5. The summed E-state index contributed by atoms with van der Waals surface area (Å²) >= 11 is 6.14. The third-order valence-corrected chi connectivity index (χ3v) is 3.39. The third kappa shape index (κ3) is 2.85. The van der Waals surface area contributed by atoms with Gasteiger partial charge in [-0.05, 0) is 43.4 Å². The molecule has 2 N–H and O–H groups in total. The van der Waals surface area contributed by atoms with Crippen LogP contribution in [-0.4, -0.2) is 13.2 Å². The topological polar surface area (TPSA) is 44.5 Å². The molecule has 0 bridgehead atoms. The maximum atomic E-state index is 6.14. The van der Waals surface area contributed by atoms with Crippen LogP contribution in [0, 0.1) is 0 Å². The van der Waals surface area contributed by atoms with E-state index in [0.29, 0.717) is 23.1 Å². The highest BCUT2D eigenvalue weighted by Crippen LogP contribution is 2.38. The molecule has 0 saturated heterocycles. The molecule has 0 spiro atoms. The van der Waals surface area contributed by atoms with Gasteiger partial charge in [-0.3, -0.25) is 0 Å². The lowest BCUT2D eigenvalue weighted by Crippen LogP contribution is -2.12. The van der Waals surface area contributed by atoms with Crippen molar-refractivity contribution in [1.82, 2.24) is 0 Å². The van der Waals surface area contributed by atoms with Crippen molar-refractivity contribution in [3.8, 4) is 11.5 Å². The standard InChI is InChI=1S/C13H18ClNO2/c1-16-13-11(14)6-9(8-15)7-12(13)17-10-4-2-3-5-10/h6-7,10H,2-5,8,15H2,1H3. The van der Waals surface area contributed by atoms with Crippen molar-refractivity contribution in [2.45, 2.75) is 38.3 Å². The van der Waals surface area contributed by atoms with Gasteiger partial charge in [0.15, 0.2) is 11.5 Å². The van der Waals surface area contributed by atoms with E-state index in [2.05, 4.69) is 0 Å². The van der Waals surface area contributed by atoms with Crippen LogP contribution in [0.5, 0.6) is 11.5 Å². The van der Waals surface area contributed by atoms with E-state index in [1.54, 1.807) is 7.11 Å². The SMILES string of the molecule is COc1c(Cl)cc(CN)cc1OC1CCCC1. The molecule has 94 valence electrons. The fourth-order valence-corrected chi connectivity index (χ4v) is 2.52. The van der Waals surface area contributed by atoms with E-state index in [1.807, 2.05) is 12.1 Å². The lowest BCUT2D eigenvalue weighted by molar-refractivity contribution is 0.200. The van der Waals surface area contributed by atoms with Crippen LogP contribution in [0.3, 0.4) is 0 Å². The Hall–Kier alpha value is -0.930. The van der Waals surface area contributed by atoms with Gasteiger partial charge in [0.1, 0.15) is 0 Å². The fourth-order valence-electron chi connectivity index (χ4n) is 2.21. The fraction of sp³-hybridized carbons (Fsp3) is 0.538. The first-order chi connectivity index (χ1) is 8.24. The van der Waals surface area contributed by atoms with E-state index in [4.69, 9.17) is 26.8 Å². The molecule has 1 aliphatic rings. The predicted molar refractivity (Wildman–Crippen MR) is 68.8 cm³/mol. The second-order valence-corrected chi connectivity index (χ2v) is 4.74. The first-order valence-electron chi connectivity index (χ1n) is 5.97. The van der Waals surface area contributed by atoms with Crippen LogP contribution >= 0.6 is 11.6 Å². The molecule has 1 fully saturated rings. The molecule has 4 heteroatoms. The average molecular weight is 256 g/mol. The number of nitrogens with two attached hydrogens (primary N) is 1. The molecule has 1 aromatic carbocycles. The van der Waals surface area contributed by atoms with Crippen LogP contribution < -0.4 is 15.2 Å². The highest BCUT2D eigenvalue weighted by atomic mass is 35.5. The third-order valence-electron chi connectivity index (χ3n) is 3.10. The minimum atomic E-state index is 0.285. The van der Waals surface area contributed by atoms with Crippen molar-refractivity contribution in [2.75, 3.05) is 7.11 Å². The Morgan fingerprint density at radius 2 is 2.06 bits per heavy atom. The number of methoxy groups -OCH3 is 1. The largest absolute Gasteiger partial charge is 0.491 e. The summed E-state index contributed by atoms with van der Waals surface area (Å²) in [5.41, 5.74) is 6.59. The maximum absolute atomic E-state index is 6.14. The number of halogens is 1. The summed E-state index contributed by atoms with van der Waals surface area (Å²) in [5.74, 6) is 1.32. The van der Waals surface area contributed by atoms with E-state index < -0.39 is 0 Å². The second kappa shape index (κ2) is 5.61. The Balaban J connectivity index is 2.25. The summed E-state index contributed by atoms with van der Waals surface area (Å²) in [4.78, 5) is 0. The summed E-state index contributed by atoms with van der Waals surface area (Å²) in [6.07, 6.45) is 4.96. The van der Waals surface area contributed by atoms with Crippen molar-refractivity contribution in [3.63, 3.8) is 0 Å². The monoisotopic (exact) mass is 255 g/mol. The van der Waals surface area contributed by atoms with Gasteiger partial charge in [-0.25, -0.2) is 0 Å². The first-order valence-corrected chi connectivity index (χ1v) is 6.35. The number of ether oxygens (including phenoxy) is 2. The van der Waals surface area contributed by atoms with Gasteiger partial charge >= 0.3 is 0 Å². The summed E-state index contributed by atoms with van der Waals surface area (Å²) in [6, 6.07) is 3.74. The Labute approximate surface area is 107 Å². The quantitative estimate of drug-likeness (QED) is 0.899. The molecule has 0 aliphatic heterocycles. The average Bonchev–Trinajstić information content (AvgIpc) is 2.81. The molecular weight excluding hydrogens is 238 g/mol. The molecule has 3 nitrogen and oxygen atoms in total. The Morgan fingerprint density at radius 1 is 1.35 bits per heavy atom. The molecule has 0 aromatic heterocycles.